The molecule has 130 valence electrons. The van der Waals surface area contributed by atoms with Crippen LogP contribution in [0.3, 0.4) is 0 Å². The van der Waals surface area contributed by atoms with E-state index in [0.29, 0.717) is 0 Å². The molecule has 0 rings (SSSR count). The molecule has 3 heteroatoms. The average molecular weight is 438 g/mol. The molecular weight excluding hydrogens is 392 g/mol. The molecule has 0 aliphatic carbocycles. The Morgan fingerprint density at radius 2 is 0.524 bits per heavy atom. The first kappa shape index (κ1) is 27.4. The van der Waals surface area contributed by atoms with Crippen LogP contribution >= 0.6 is 9.90 Å². The van der Waals surface area contributed by atoms with E-state index in [4.69, 9.17) is 0 Å². The molecule has 0 spiro atoms. The first-order valence-corrected chi connectivity index (χ1v) is 18.3. The fourth-order valence-electron chi connectivity index (χ4n) is 2.87. The summed E-state index contributed by atoms with van der Waals surface area (Å²) in [4.78, 5) is 0. The topological polar surface area (TPSA) is 0 Å². The van der Waals surface area contributed by atoms with E-state index in [-0.39, 0.29) is 9.90 Å². The zero-order chi connectivity index (χ0) is 15.6. The Morgan fingerprint density at radius 1 is 0.381 bits per heavy atom. The first-order valence-electron chi connectivity index (χ1n) is 9.36. The summed E-state index contributed by atoms with van der Waals surface area (Å²) >= 11 is -0.972. The van der Waals surface area contributed by atoms with Crippen LogP contribution < -0.4 is 0 Å². The molecule has 0 bridgehead atoms. The van der Waals surface area contributed by atoms with Gasteiger partial charge in [0.25, 0.3) is 0 Å². The van der Waals surface area contributed by atoms with Gasteiger partial charge in [0.05, 0.1) is 0 Å². The van der Waals surface area contributed by atoms with E-state index >= 15 is 0 Å². The van der Waals surface area contributed by atoms with Crippen molar-refractivity contribution in [1.82, 2.24) is 0 Å². The predicted octanol–water partition coefficient (Wildman–Crippen LogP) is 7.48. The molecule has 0 aromatic heterocycles. The summed E-state index contributed by atoms with van der Waals surface area (Å²) < 4.78 is 0. The molecule has 0 amide bonds. The molecule has 0 heterocycles. The van der Waals surface area contributed by atoms with Crippen molar-refractivity contribution >= 4 is 38.6 Å². The van der Waals surface area contributed by atoms with Gasteiger partial charge in [-0.2, -0.15) is 9.90 Å². The SMILES string of the molecule is CC[CH2][Ge]([CH2]CC)[CH2]CC.CC[CH2][Ge]([CH2]CC)[CH2]CC.P. The molecule has 0 aliphatic heterocycles. The first-order chi connectivity index (χ1) is 9.69. The maximum absolute atomic E-state index is 2.33. The van der Waals surface area contributed by atoms with Gasteiger partial charge < -0.3 is 0 Å². The Kier molecular flexibility index (Phi) is 31.0. The number of hydrogen-bond donors (Lipinski definition) is 0. The van der Waals surface area contributed by atoms with E-state index in [0.717, 1.165) is 0 Å². The van der Waals surface area contributed by atoms with E-state index in [1.807, 2.05) is 0 Å². The van der Waals surface area contributed by atoms with Gasteiger partial charge in [0, 0.05) is 0 Å². The second-order valence-corrected chi connectivity index (χ2v) is 18.6. The van der Waals surface area contributed by atoms with Gasteiger partial charge in [0.15, 0.2) is 0 Å². The summed E-state index contributed by atoms with van der Waals surface area (Å²) in [5, 5.41) is 9.68. The third-order valence-corrected chi connectivity index (χ3v) is 18.8. The molecule has 0 aliphatic rings. The van der Waals surface area contributed by atoms with Crippen LogP contribution in [0.15, 0.2) is 0 Å². The molecule has 1 unspecified atom stereocenters. The Labute approximate surface area is 149 Å². The maximum Gasteiger partial charge on any atom is -0.153 e. The van der Waals surface area contributed by atoms with Gasteiger partial charge in [-0.3, -0.25) is 0 Å². The molecule has 0 aromatic rings. The van der Waals surface area contributed by atoms with E-state index in [1.54, 1.807) is 31.5 Å². The molecular formula is C18H45Ge2P. The standard InChI is InChI=1S/2C9H21Ge.H3P/c2*1-4-7-10(8-5-2)9-6-3;/h2*4-9H2,1-3H3;1H3. The van der Waals surface area contributed by atoms with Gasteiger partial charge in [-0.25, -0.2) is 0 Å². The second kappa shape index (κ2) is 23.8. The Morgan fingerprint density at radius 3 is 0.619 bits per heavy atom. The quantitative estimate of drug-likeness (QED) is 0.219. The molecule has 0 nitrogen and oxygen atoms in total. The number of hydrogen-bond acceptors (Lipinski definition) is 0. The fourth-order valence-corrected chi connectivity index (χ4v) is 14.9. The van der Waals surface area contributed by atoms with E-state index in [1.165, 1.54) is 38.5 Å². The summed E-state index contributed by atoms with van der Waals surface area (Å²) in [5.74, 6) is 0. The summed E-state index contributed by atoms with van der Waals surface area (Å²) in [5.41, 5.74) is 0. The third-order valence-electron chi connectivity index (χ3n) is 3.62. The minimum atomic E-state index is -0.486. The maximum atomic E-state index is 2.33. The van der Waals surface area contributed by atoms with Crippen molar-refractivity contribution in [2.75, 3.05) is 0 Å². The Bertz CT molecular complexity index is 119. The molecule has 21 heavy (non-hydrogen) atoms. The third kappa shape index (κ3) is 21.5. The van der Waals surface area contributed by atoms with Gasteiger partial charge in [-0.15, -0.1) is 0 Å². The normalized spacial score (nSPS) is 10.3. The largest absolute Gasteiger partial charge is 0.153 e. The monoisotopic (exact) mass is 440 g/mol. The molecule has 0 saturated carbocycles. The van der Waals surface area contributed by atoms with Crippen molar-refractivity contribution in [1.29, 1.82) is 0 Å². The van der Waals surface area contributed by atoms with Crippen molar-refractivity contribution in [3.63, 3.8) is 0 Å². The van der Waals surface area contributed by atoms with Gasteiger partial charge >= 0.3 is 140 Å². The molecule has 0 aromatic carbocycles. The Hall–Kier alpha value is 1.52. The van der Waals surface area contributed by atoms with Crippen LogP contribution in [0.5, 0.6) is 0 Å². The smallest absolute Gasteiger partial charge is 0.153 e. The summed E-state index contributed by atoms with van der Waals surface area (Å²) in [6.45, 7) is 14.0. The van der Waals surface area contributed by atoms with Gasteiger partial charge in [-0.05, 0) is 0 Å². The zero-order valence-corrected chi connectivity index (χ0v) is 21.8. The van der Waals surface area contributed by atoms with Crippen molar-refractivity contribution in [2.45, 2.75) is 112 Å². The summed E-state index contributed by atoms with van der Waals surface area (Å²) in [6, 6.07) is 0. The molecule has 2 radical (unpaired) electrons. The van der Waals surface area contributed by atoms with Crippen LogP contribution in [0.2, 0.25) is 31.5 Å². The minimum Gasteiger partial charge on any atom is -0.153 e. The van der Waals surface area contributed by atoms with Crippen LogP contribution in [-0.2, 0) is 0 Å². The second-order valence-electron chi connectivity index (χ2n) is 6.00. The number of rotatable bonds is 12. The van der Waals surface area contributed by atoms with E-state index < -0.39 is 28.7 Å². The molecule has 0 fully saturated rings. The average Bonchev–Trinajstić information content (AvgIpc) is 2.41. The van der Waals surface area contributed by atoms with Gasteiger partial charge in [0.2, 0.25) is 0 Å². The van der Waals surface area contributed by atoms with Crippen molar-refractivity contribution in [2.24, 2.45) is 0 Å². The predicted molar refractivity (Wildman–Crippen MR) is 113 cm³/mol. The fraction of sp³-hybridized carbons (Fsp3) is 1.00. The van der Waals surface area contributed by atoms with Crippen molar-refractivity contribution in [3.05, 3.63) is 0 Å². The van der Waals surface area contributed by atoms with Crippen LogP contribution in [0.1, 0.15) is 80.1 Å². The summed E-state index contributed by atoms with van der Waals surface area (Å²) in [6.07, 6.45) is 8.64. The molecule has 0 N–H and O–H groups in total. The van der Waals surface area contributed by atoms with Crippen LogP contribution in [0.4, 0.5) is 0 Å². The Balaban J connectivity index is -0.000000295. The zero-order valence-electron chi connectivity index (χ0n) is 16.2. The van der Waals surface area contributed by atoms with Crippen LogP contribution in [0.25, 0.3) is 0 Å². The van der Waals surface area contributed by atoms with Crippen molar-refractivity contribution in [3.8, 4) is 0 Å². The minimum absolute atomic E-state index is 0. The molecule has 0 saturated heterocycles. The molecule has 1 atom stereocenters. The summed E-state index contributed by atoms with van der Waals surface area (Å²) in [7, 11) is 0. The van der Waals surface area contributed by atoms with Crippen LogP contribution in [-0.4, -0.2) is 28.7 Å². The van der Waals surface area contributed by atoms with Crippen LogP contribution in [0, 0.1) is 0 Å². The van der Waals surface area contributed by atoms with Crippen molar-refractivity contribution < 1.29 is 0 Å². The van der Waals surface area contributed by atoms with E-state index in [2.05, 4.69) is 41.5 Å². The van der Waals surface area contributed by atoms with E-state index in [9.17, 15) is 0 Å². The van der Waals surface area contributed by atoms with Gasteiger partial charge in [0.1, 0.15) is 0 Å². The van der Waals surface area contributed by atoms with Gasteiger partial charge in [-0.1, -0.05) is 0 Å².